The molecular formula is C42H47FN6O10S. The number of amides is 3. The van der Waals surface area contributed by atoms with Crippen molar-refractivity contribution in [3.63, 3.8) is 0 Å². The lowest BCUT2D eigenvalue weighted by molar-refractivity contribution is -0.161. The van der Waals surface area contributed by atoms with Gasteiger partial charge in [0.15, 0.2) is 15.5 Å². The zero-order chi connectivity index (χ0) is 44.2. The monoisotopic (exact) mass is 846 g/mol. The number of nitrogens with zero attached hydrogens (tertiary/aromatic N) is 4. The second-order valence-electron chi connectivity index (χ2n) is 15.4. The lowest BCUT2D eigenvalue weighted by Gasteiger charge is -2.33. The van der Waals surface area contributed by atoms with Crippen LogP contribution >= 0.6 is 0 Å². The van der Waals surface area contributed by atoms with Crippen LogP contribution in [0.4, 0.5) is 31.3 Å². The van der Waals surface area contributed by atoms with Crippen LogP contribution in [0.25, 0.3) is 16.8 Å². The van der Waals surface area contributed by atoms with Crippen LogP contribution in [0, 0.1) is 11.7 Å². The Balaban J connectivity index is 1.39. The molecule has 2 N–H and O–H groups in total. The molecule has 5 aromatic rings. The molecule has 0 spiro atoms. The van der Waals surface area contributed by atoms with Crippen molar-refractivity contribution < 1.29 is 50.9 Å². The van der Waals surface area contributed by atoms with Crippen molar-refractivity contribution in [2.45, 2.75) is 70.4 Å². The lowest BCUT2D eigenvalue weighted by Crippen LogP contribution is -2.57. The Labute approximate surface area is 346 Å². The smallest absolute Gasteiger partial charge is 0.424 e. The number of hydrogen-bond donors (Lipinski definition) is 2. The topological polar surface area (TPSA) is 197 Å². The largest absolute Gasteiger partial charge is 0.495 e. The molecule has 18 heteroatoms. The Morgan fingerprint density at radius 3 is 2.13 bits per heavy atom. The Bertz CT molecular complexity index is 2500. The van der Waals surface area contributed by atoms with Gasteiger partial charge in [0.25, 0.3) is 5.95 Å². The summed E-state index contributed by atoms with van der Waals surface area (Å²) in [6.45, 7) is 10.7. The summed E-state index contributed by atoms with van der Waals surface area (Å²) < 4.78 is 61.1. The first-order chi connectivity index (χ1) is 28.1. The Kier molecular flexibility index (Phi) is 13.2. The van der Waals surface area contributed by atoms with E-state index < -0.39 is 57.8 Å². The summed E-state index contributed by atoms with van der Waals surface area (Å²) in [6, 6.07) is 20.1. The van der Waals surface area contributed by atoms with Gasteiger partial charge in [-0.15, -0.1) is 5.10 Å². The first kappa shape index (κ1) is 44.5. The predicted octanol–water partition coefficient (Wildman–Crippen LogP) is 7.40. The van der Waals surface area contributed by atoms with E-state index in [1.165, 1.54) is 48.9 Å². The van der Waals surface area contributed by atoms with Gasteiger partial charge < -0.3 is 29.6 Å². The van der Waals surface area contributed by atoms with Gasteiger partial charge in [-0.05, 0) is 100 Å². The fourth-order valence-electron chi connectivity index (χ4n) is 5.69. The van der Waals surface area contributed by atoms with Crippen molar-refractivity contribution in [3.05, 3.63) is 96.4 Å². The number of benzene rings is 3. The maximum absolute atomic E-state index is 13.9. The molecule has 0 radical (unpaired) electrons. The van der Waals surface area contributed by atoms with Gasteiger partial charge in [0, 0.05) is 29.8 Å². The maximum atomic E-state index is 13.9. The number of ether oxygens (including phenoxy) is 4. The van der Waals surface area contributed by atoms with E-state index in [4.69, 9.17) is 18.9 Å². The van der Waals surface area contributed by atoms with Crippen LogP contribution in [-0.4, -0.2) is 78.4 Å². The van der Waals surface area contributed by atoms with E-state index in [2.05, 4.69) is 20.7 Å². The number of alkyl carbamates (subject to hydrolysis) is 1. The first-order valence-corrected chi connectivity index (χ1v) is 20.6. The summed E-state index contributed by atoms with van der Waals surface area (Å²) in [5.41, 5.74) is 0.572. The fourth-order valence-corrected chi connectivity index (χ4v) is 6.33. The molecule has 2 aromatic heterocycles. The zero-order valence-corrected chi connectivity index (χ0v) is 35.4. The van der Waals surface area contributed by atoms with Gasteiger partial charge in [0.1, 0.15) is 22.7 Å². The van der Waals surface area contributed by atoms with E-state index in [-0.39, 0.29) is 34.0 Å². The third-order valence-electron chi connectivity index (χ3n) is 9.48. The summed E-state index contributed by atoms with van der Waals surface area (Å²) in [7, 11) is -2.40. The minimum atomic E-state index is -3.68. The van der Waals surface area contributed by atoms with Gasteiger partial charge in [0.05, 0.1) is 23.6 Å². The normalized spacial score (nSPS) is 13.2. The van der Waals surface area contributed by atoms with Gasteiger partial charge in [-0.25, -0.2) is 36.6 Å². The Hall–Kier alpha value is -6.56. The quantitative estimate of drug-likeness (QED) is 0.0881. The molecule has 3 amide bonds. The van der Waals surface area contributed by atoms with Crippen LogP contribution in [0.2, 0.25) is 0 Å². The molecule has 3 aromatic carbocycles. The zero-order valence-electron chi connectivity index (χ0n) is 34.6. The number of hydrogen-bond acceptors (Lipinski definition) is 12. The van der Waals surface area contributed by atoms with Crippen LogP contribution in [0.15, 0.2) is 90.0 Å². The number of carbonyl (C=O) groups excluding carboxylic acids is 4. The van der Waals surface area contributed by atoms with Gasteiger partial charge in [-0.1, -0.05) is 38.1 Å². The predicted molar refractivity (Wildman–Crippen MR) is 220 cm³/mol. The third-order valence-corrected chi connectivity index (χ3v) is 10.6. The number of aromatic nitrogens is 3. The number of carbonyl (C=O) groups is 4. The van der Waals surface area contributed by atoms with Crippen LogP contribution in [0.3, 0.4) is 0 Å². The number of fused-ring (bicyclic) bond motifs is 1. The molecule has 16 nitrogen and oxygen atoms in total. The Morgan fingerprint density at radius 2 is 1.53 bits per heavy atom. The number of esters is 1. The molecule has 0 saturated heterocycles. The standard InChI is InChI=1S/C42H47FN6O10S/c1-25(2)42(7,46-39(52)59-41(4,5)6)37(51)57-24-58-40(53)49(33-20-19-32(60(9,54)55)22-34(33)56-8)38-45-35-21-14-29(23-48(35)47-38)28-12-17-31(18-13-28)44-36(50)26(3)27-10-15-30(43)16-11-27/h10-23,25-26H,24H2,1-9H3,(H,44,50)(H,46,52). The van der Waals surface area contributed by atoms with Crippen LogP contribution in [0.5, 0.6) is 5.75 Å². The van der Waals surface area contributed by atoms with E-state index in [1.807, 2.05) is 0 Å². The van der Waals surface area contributed by atoms with Gasteiger partial charge in [0.2, 0.25) is 12.7 Å². The number of nitrogens with one attached hydrogen (secondary N) is 2. The molecule has 0 saturated carbocycles. The maximum Gasteiger partial charge on any atom is 0.424 e. The number of pyridine rings is 1. The molecule has 2 atom stereocenters. The average Bonchev–Trinajstić information content (AvgIpc) is 3.60. The van der Waals surface area contributed by atoms with E-state index in [1.54, 1.807) is 96.3 Å². The highest BCUT2D eigenvalue weighted by molar-refractivity contribution is 7.90. The van der Waals surface area contributed by atoms with E-state index in [0.29, 0.717) is 22.5 Å². The second-order valence-corrected chi connectivity index (χ2v) is 17.4. The molecule has 0 aliphatic rings. The first-order valence-electron chi connectivity index (χ1n) is 18.7. The number of sulfone groups is 1. The second kappa shape index (κ2) is 17.7. The molecule has 318 valence electrons. The molecule has 0 aliphatic carbocycles. The molecule has 60 heavy (non-hydrogen) atoms. The summed E-state index contributed by atoms with van der Waals surface area (Å²) in [5.74, 6) is -2.81. The van der Waals surface area contributed by atoms with Crippen LogP contribution in [-0.2, 0) is 33.6 Å². The average molecular weight is 847 g/mol. The molecule has 0 aliphatic heterocycles. The third kappa shape index (κ3) is 10.5. The summed E-state index contributed by atoms with van der Waals surface area (Å²) in [6.07, 6.45) is 0.712. The highest BCUT2D eigenvalue weighted by Crippen LogP contribution is 2.36. The van der Waals surface area contributed by atoms with Crippen molar-refractivity contribution >= 4 is 56.9 Å². The highest BCUT2D eigenvalue weighted by atomic mass is 32.2. The van der Waals surface area contributed by atoms with Gasteiger partial charge >= 0.3 is 18.2 Å². The number of rotatable bonds is 13. The molecule has 2 heterocycles. The van der Waals surface area contributed by atoms with E-state index in [0.717, 1.165) is 16.7 Å². The lowest BCUT2D eigenvalue weighted by atomic mass is 9.88. The SMILES string of the molecule is COc1cc(S(C)(=O)=O)ccc1N(C(=O)OCOC(=O)C(C)(NC(=O)OC(C)(C)C)C(C)C)c1nc2ccc(-c3ccc(NC(=O)C(C)c4ccc(F)cc4)cc3)cn2n1. The van der Waals surface area contributed by atoms with Gasteiger partial charge in [-0.3, -0.25) is 4.79 Å². The number of halogens is 1. The van der Waals surface area contributed by atoms with E-state index >= 15 is 0 Å². The molecular weight excluding hydrogens is 800 g/mol. The van der Waals surface area contributed by atoms with E-state index in [9.17, 15) is 32.0 Å². The summed E-state index contributed by atoms with van der Waals surface area (Å²) in [5, 5.41) is 9.94. The molecule has 5 rings (SSSR count). The van der Waals surface area contributed by atoms with Crippen LogP contribution < -0.4 is 20.3 Å². The van der Waals surface area contributed by atoms with Crippen molar-refractivity contribution in [1.29, 1.82) is 0 Å². The minimum absolute atomic E-state index is 0.00218. The van der Waals surface area contributed by atoms with Crippen LogP contribution in [0.1, 0.15) is 59.9 Å². The molecule has 0 bridgehead atoms. The van der Waals surface area contributed by atoms with Crippen molar-refractivity contribution in [1.82, 2.24) is 19.9 Å². The minimum Gasteiger partial charge on any atom is -0.495 e. The van der Waals surface area contributed by atoms with Crippen molar-refractivity contribution in [3.8, 4) is 16.9 Å². The number of anilines is 3. The highest BCUT2D eigenvalue weighted by Gasteiger charge is 2.41. The summed E-state index contributed by atoms with van der Waals surface area (Å²) in [4.78, 5) is 58.1. The summed E-state index contributed by atoms with van der Waals surface area (Å²) >= 11 is 0. The fraction of sp³-hybridized carbons (Fsp3) is 0.333. The van der Waals surface area contributed by atoms with Crippen molar-refractivity contribution in [2.75, 3.05) is 30.4 Å². The van der Waals surface area contributed by atoms with Gasteiger partial charge in [-0.2, -0.15) is 4.98 Å². The molecule has 0 fully saturated rings. The Morgan fingerprint density at radius 1 is 0.883 bits per heavy atom. The molecule has 2 unspecified atom stereocenters. The van der Waals surface area contributed by atoms with Crippen molar-refractivity contribution in [2.24, 2.45) is 5.92 Å². The number of methoxy groups -OCH3 is 1.